The second kappa shape index (κ2) is 7.58. The number of ether oxygens (including phenoxy) is 2. The summed E-state index contributed by atoms with van der Waals surface area (Å²) in [4.78, 5) is 14.3. The van der Waals surface area contributed by atoms with Crippen molar-refractivity contribution in [2.45, 2.75) is 25.0 Å². The molecule has 6 heteroatoms. The van der Waals surface area contributed by atoms with Crippen molar-refractivity contribution < 1.29 is 19.4 Å². The van der Waals surface area contributed by atoms with Crippen molar-refractivity contribution in [1.29, 1.82) is 0 Å². The highest BCUT2D eigenvalue weighted by Gasteiger charge is 2.35. The predicted molar refractivity (Wildman–Crippen MR) is 100 cm³/mol. The fraction of sp³-hybridized carbons (Fsp3) is 0.381. The van der Waals surface area contributed by atoms with Crippen molar-refractivity contribution in [1.82, 2.24) is 10.2 Å². The molecule has 0 aromatic heterocycles. The molecule has 2 heterocycles. The smallest absolute Gasteiger partial charge is 0.234 e. The van der Waals surface area contributed by atoms with Crippen LogP contribution in [-0.2, 0) is 16.9 Å². The second-order valence-electron chi connectivity index (χ2n) is 7.14. The van der Waals surface area contributed by atoms with Crippen LogP contribution in [0.3, 0.4) is 0 Å². The third-order valence-electron chi connectivity index (χ3n) is 5.29. The van der Waals surface area contributed by atoms with Gasteiger partial charge in [-0.3, -0.25) is 9.69 Å². The Balaban J connectivity index is 1.29. The molecule has 6 nitrogen and oxygen atoms in total. The zero-order chi connectivity index (χ0) is 18.7. The van der Waals surface area contributed by atoms with Crippen LogP contribution in [0.15, 0.2) is 48.5 Å². The highest BCUT2D eigenvalue weighted by Crippen LogP contribution is 2.39. The van der Waals surface area contributed by atoms with E-state index < -0.39 is 5.60 Å². The Labute approximate surface area is 158 Å². The van der Waals surface area contributed by atoms with Crippen LogP contribution < -0.4 is 14.8 Å². The highest BCUT2D eigenvalue weighted by atomic mass is 16.7. The van der Waals surface area contributed by atoms with E-state index >= 15 is 0 Å². The van der Waals surface area contributed by atoms with E-state index in [0.717, 1.165) is 16.9 Å². The van der Waals surface area contributed by atoms with Crippen LogP contribution in [0.5, 0.6) is 11.5 Å². The van der Waals surface area contributed by atoms with Crippen molar-refractivity contribution in [3.63, 3.8) is 0 Å². The summed E-state index contributed by atoms with van der Waals surface area (Å²) in [7, 11) is 0. The van der Waals surface area contributed by atoms with E-state index in [9.17, 15) is 9.90 Å². The van der Waals surface area contributed by atoms with Crippen LogP contribution in [0.2, 0.25) is 0 Å². The van der Waals surface area contributed by atoms with Gasteiger partial charge in [-0.2, -0.15) is 0 Å². The van der Waals surface area contributed by atoms with E-state index in [1.807, 2.05) is 48.5 Å². The van der Waals surface area contributed by atoms with Crippen LogP contribution >= 0.6 is 0 Å². The number of carbonyl (C=O) groups excluding carboxylic acids is 1. The third kappa shape index (κ3) is 4.07. The minimum absolute atomic E-state index is 0.00683. The Kier molecular flexibility index (Phi) is 5.01. The van der Waals surface area contributed by atoms with Gasteiger partial charge in [0.05, 0.1) is 12.1 Å². The molecule has 1 fully saturated rings. The molecule has 27 heavy (non-hydrogen) atoms. The van der Waals surface area contributed by atoms with Crippen molar-refractivity contribution in [3.05, 3.63) is 59.7 Å². The molecule has 2 aliphatic rings. The van der Waals surface area contributed by atoms with Gasteiger partial charge in [0.1, 0.15) is 0 Å². The molecule has 2 N–H and O–H groups in total. The first-order chi connectivity index (χ1) is 13.1. The Bertz CT molecular complexity index is 801. The SMILES string of the molecule is O=C(CN1CCC(O)(c2ccc3c(c2)OCO3)CC1)NCc1ccccc1. The topological polar surface area (TPSA) is 71.0 Å². The van der Waals surface area contributed by atoms with Crippen molar-refractivity contribution in [2.75, 3.05) is 26.4 Å². The second-order valence-corrected chi connectivity index (χ2v) is 7.14. The largest absolute Gasteiger partial charge is 0.454 e. The molecular weight excluding hydrogens is 344 g/mol. The zero-order valence-electron chi connectivity index (χ0n) is 15.2. The van der Waals surface area contributed by atoms with E-state index in [-0.39, 0.29) is 12.7 Å². The monoisotopic (exact) mass is 368 g/mol. The molecule has 0 unspecified atom stereocenters. The lowest BCUT2D eigenvalue weighted by Crippen LogP contribution is -2.46. The highest BCUT2D eigenvalue weighted by molar-refractivity contribution is 5.78. The van der Waals surface area contributed by atoms with Crippen molar-refractivity contribution >= 4 is 5.91 Å². The number of nitrogens with zero attached hydrogens (tertiary/aromatic N) is 1. The van der Waals surface area contributed by atoms with Crippen LogP contribution in [0.4, 0.5) is 0 Å². The number of hydrogen-bond acceptors (Lipinski definition) is 5. The maximum atomic E-state index is 12.2. The molecule has 0 atom stereocenters. The van der Waals surface area contributed by atoms with E-state index in [2.05, 4.69) is 10.2 Å². The lowest BCUT2D eigenvalue weighted by atomic mass is 9.84. The van der Waals surface area contributed by atoms with Gasteiger partial charge in [0, 0.05) is 19.6 Å². The van der Waals surface area contributed by atoms with E-state index in [1.165, 1.54) is 0 Å². The normalized spacial score (nSPS) is 18.3. The molecule has 0 radical (unpaired) electrons. The summed E-state index contributed by atoms with van der Waals surface area (Å²) in [5, 5.41) is 14.0. The first-order valence-corrected chi connectivity index (χ1v) is 9.28. The number of nitrogens with one attached hydrogen (secondary N) is 1. The van der Waals surface area contributed by atoms with Gasteiger partial charge in [0.2, 0.25) is 12.7 Å². The summed E-state index contributed by atoms with van der Waals surface area (Å²) in [6.07, 6.45) is 1.16. The Morgan fingerprint density at radius 2 is 1.81 bits per heavy atom. The lowest BCUT2D eigenvalue weighted by molar-refractivity contribution is -0.123. The molecule has 4 rings (SSSR count). The Morgan fingerprint density at radius 1 is 1.07 bits per heavy atom. The summed E-state index contributed by atoms with van der Waals surface area (Å²) in [5.74, 6) is 1.41. The predicted octanol–water partition coefficient (Wildman–Crippen LogP) is 2.02. The van der Waals surface area contributed by atoms with Gasteiger partial charge < -0.3 is 19.9 Å². The molecule has 142 valence electrons. The number of hydrogen-bond donors (Lipinski definition) is 2. The molecular formula is C21H24N2O4. The van der Waals surface area contributed by atoms with E-state index in [0.29, 0.717) is 44.8 Å². The van der Waals surface area contributed by atoms with Crippen LogP contribution in [0, 0.1) is 0 Å². The van der Waals surface area contributed by atoms with E-state index in [1.54, 1.807) is 0 Å². The average Bonchev–Trinajstić information content (AvgIpc) is 3.17. The van der Waals surface area contributed by atoms with Gasteiger partial charge in [-0.05, 0) is 36.1 Å². The minimum atomic E-state index is -0.891. The average molecular weight is 368 g/mol. The molecule has 0 aliphatic carbocycles. The maximum Gasteiger partial charge on any atom is 0.234 e. The summed E-state index contributed by atoms with van der Waals surface area (Å²) in [5.41, 5.74) is 1.04. The van der Waals surface area contributed by atoms with Gasteiger partial charge >= 0.3 is 0 Å². The number of fused-ring (bicyclic) bond motifs is 1. The third-order valence-corrected chi connectivity index (χ3v) is 5.29. The molecule has 0 saturated carbocycles. The number of likely N-dealkylation sites (tertiary alicyclic amines) is 1. The number of piperidine rings is 1. The summed E-state index contributed by atoms with van der Waals surface area (Å²) < 4.78 is 10.7. The van der Waals surface area contributed by atoms with Gasteiger partial charge in [-0.15, -0.1) is 0 Å². The quantitative estimate of drug-likeness (QED) is 0.845. The van der Waals surface area contributed by atoms with Gasteiger partial charge in [0.25, 0.3) is 0 Å². The molecule has 2 aromatic rings. The van der Waals surface area contributed by atoms with Gasteiger partial charge in [-0.1, -0.05) is 36.4 Å². The number of amides is 1. The van der Waals surface area contributed by atoms with Gasteiger partial charge in [-0.25, -0.2) is 0 Å². The number of rotatable bonds is 5. The molecule has 0 bridgehead atoms. The van der Waals surface area contributed by atoms with E-state index in [4.69, 9.17) is 9.47 Å². The molecule has 0 spiro atoms. The number of benzene rings is 2. The molecule has 2 aliphatic heterocycles. The molecule has 1 saturated heterocycles. The summed E-state index contributed by atoms with van der Waals surface area (Å²) in [6.45, 7) is 2.45. The van der Waals surface area contributed by atoms with Crippen LogP contribution in [-0.4, -0.2) is 42.3 Å². The number of carbonyl (C=O) groups is 1. The zero-order valence-corrected chi connectivity index (χ0v) is 15.2. The maximum absolute atomic E-state index is 12.2. The fourth-order valence-electron chi connectivity index (χ4n) is 3.61. The van der Waals surface area contributed by atoms with Crippen molar-refractivity contribution in [2.24, 2.45) is 0 Å². The fourth-order valence-corrected chi connectivity index (χ4v) is 3.61. The number of aliphatic hydroxyl groups is 1. The molecule has 1 amide bonds. The molecule has 2 aromatic carbocycles. The first kappa shape index (κ1) is 17.8. The summed E-state index contributed by atoms with van der Waals surface area (Å²) >= 11 is 0. The van der Waals surface area contributed by atoms with Crippen LogP contribution in [0.1, 0.15) is 24.0 Å². The van der Waals surface area contributed by atoms with Crippen molar-refractivity contribution in [3.8, 4) is 11.5 Å². The first-order valence-electron chi connectivity index (χ1n) is 9.28. The Hall–Kier alpha value is -2.57. The standard InChI is InChI=1S/C21H24N2O4/c24-20(22-13-16-4-2-1-3-5-16)14-23-10-8-21(25,9-11-23)17-6-7-18-19(12-17)27-15-26-18/h1-7,12,25H,8-11,13-15H2,(H,22,24). The minimum Gasteiger partial charge on any atom is -0.454 e. The lowest BCUT2D eigenvalue weighted by Gasteiger charge is -2.38. The summed E-state index contributed by atoms with van der Waals surface area (Å²) in [6, 6.07) is 15.5. The van der Waals surface area contributed by atoms with Gasteiger partial charge in [0.15, 0.2) is 11.5 Å². The van der Waals surface area contributed by atoms with Crippen LogP contribution in [0.25, 0.3) is 0 Å². The Morgan fingerprint density at radius 3 is 2.59 bits per heavy atom.